The molecule has 2 aromatic rings. The normalized spacial score (nSPS) is 11.3. The van der Waals surface area contributed by atoms with Gasteiger partial charge in [0.15, 0.2) is 5.84 Å². The molecule has 0 aromatic carbocycles. The van der Waals surface area contributed by atoms with Crippen molar-refractivity contribution in [2.45, 2.75) is 0 Å². The van der Waals surface area contributed by atoms with E-state index in [1.807, 2.05) is 0 Å². The van der Waals surface area contributed by atoms with Gasteiger partial charge in [-0.15, -0.1) is 0 Å². The molecular formula is C11H12N6O2. The molecule has 8 heteroatoms. The number of oxime groups is 1. The lowest BCUT2D eigenvalue weighted by atomic mass is 10.3. The van der Waals surface area contributed by atoms with Crippen LogP contribution in [0.1, 0.15) is 16.1 Å². The van der Waals surface area contributed by atoms with Crippen molar-refractivity contribution in [1.82, 2.24) is 14.8 Å². The Hall–Kier alpha value is -2.90. The van der Waals surface area contributed by atoms with Crippen molar-refractivity contribution in [3.05, 3.63) is 41.9 Å². The summed E-state index contributed by atoms with van der Waals surface area (Å²) in [6.07, 6.45) is 2.91. The van der Waals surface area contributed by atoms with Gasteiger partial charge >= 0.3 is 0 Å². The van der Waals surface area contributed by atoms with Crippen LogP contribution in [-0.2, 0) is 7.05 Å². The second-order valence-corrected chi connectivity index (χ2v) is 3.68. The zero-order valence-corrected chi connectivity index (χ0v) is 10.1. The summed E-state index contributed by atoms with van der Waals surface area (Å²) in [5.41, 5.74) is 6.09. The van der Waals surface area contributed by atoms with Gasteiger partial charge in [0.1, 0.15) is 11.5 Å². The predicted octanol–water partition coefficient (Wildman–Crippen LogP) is 0.162. The Labute approximate surface area is 108 Å². The van der Waals surface area contributed by atoms with Crippen LogP contribution in [0, 0.1) is 0 Å². The molecule has 0 aliphatic heterocycles. The molecule has 0 aliphatic carbocycles. The van der Waals surface area contributed by atoms with E-state index in [2.05, 4.69) is 20.6 Å². The van der Waals surface area contributed by atoms with Crippen molar-refractivity contribution in [1.29, 1.82) is 0 Å². The third-order valence-corrected chi connectivity index (χ3v) is 2.45. The number of amides is 1. The highest BCUT2D eigenvalue weighted by molar-refractivity contribution is 6.08. The van der Waals surface area contributed by atoms with Crippen molar-refractivity contribution >= 4 is 17.6 Å². The van der Waals surface area contributed by atoms with Crippen molar-refractivity contribution in [2.75, 3.05) is 5.32 Å². The zero-order chi connectivity index (χ0) is 13.8. The predicted molar refractivity (Wildman–Crippen MR) is 67.9 cm³/mol. The molecule has 19 heavy (non-hydrogen) atoms. The van der Waals surface area contributed by atoms with E-state index in [4.69, 9.17) is 10.9 Å². The monoisotopic (exact) mass is 260 g/mol. The molecule has 2 rings (SSSR count). The molecular weight excluding hydrogens is 248 g/mol. The molecule has 0 atom stereocenters. The van der Waals surface area contributed by atoms with Gasteiger partial charge in [0.05, 0.1) is 11.8 Å². The summed E-state index contributed by atoms with van der Waals surface area (Å²) in [6, 6.07) is 4.99. The molecule has 0 radical (unpaired) electrons. The summed E-state index contributed by atoms with van der Waals surface area (Å²) < 4.78 is 1.41. The fourth-order valence-electron chi connectivity index (χ4n) is 1.50. The van der Waals surface area contributed by atoms with Crippen LogP contribution >= 0.6 is 0 Å². The topological polar surface area (TPSA) is 118 Å². The summed E-state index contributed by atoms with van der Waals surface area (Å²) in [6.45, 7) is 0. The van der Waals surface area contributed by atoms with Gasteiger partial charge in [-0.2, -0.15) is 5.10 Å². The van der Waals surface area contributed by atoms with Gasteiger partial charge in [-0.25, -0.2) is 0 Å². The maximum absolute atomic E-state index is 12.0. The van der Waals surface area contributed by atoms with Gasteiger partial charge in [-0.05, 0) is 12.1 Å². The second kappa shape index (κ2) is 5.17. The van der Waals surface area contributed by atoms with E-state index < -0.39 is 5.91 Å². The summed E-state index contributed by atoms with van der Waals surface area (Å²) in [7, 11) is 1.63. The molecule has 0 aliphatic rings. The van der Waals surface area contributed by atoms with Crippen LogP contribution in [0.5, 0.6) is 0 Å². The molecule has 2 aromatic heterocycles. The first-order valence-corrected chi connectivity index (χ1v) is 5.35. The molecule has 0 saturated carbocycles. The number of nitrogens with two attached hydrogens (primary N) is 1. The number of aromatic nitrogens is 3. The van der Waals surface area contributed by atoms with Crippen molar-refractivity contribution in [3.63, 3.8) is 0 Å². The molecule has 1 amide bonds. The number of carbonyl (C=O) groups is 1. The summed E-state index contributed by atoms with van der Waals surface area (Å²) in [5.74, 6) is -0.216. The van der Waals surface area contributed by atoms with Gasteiger partial charge in [0.25, 0.3) is 5.91 Å². The van der Waals surface area contributed by atoms with Crippen molar-refractivity contribution in [3.8, 4) is 0 Å². The zero-order valence-electron chi connectivity index (χ0n) is 10.1. The third kappa shape index (κ3) is 2.51. The lowest BCUT2D eigenvalue weighted by molar-refractivity contribution is 0.102. The molecule has 8 nitrogen and oxygen atoms in total. The van der Waals surface area contributed by atoms with Crippen LogP contribution in [0.2, 0.25) is 0 Å². The van der Waals surface area contributed by atoms with Crippen LogP contribution in [0.4, 0.5) is 5.82 Å². The van der Waals surface area contributed by atoms with Gasteiger partial charge < -0.3 is 16.3 Å². The first-order valence-electron chi connectivity index (χ1n) is 5.35. The number of hydrogen-bond donors (Lipinski definition) is 3. The van der Waals surface area contributed by atoms with Gasteiger partial charge in [0.2, 0.25) is 0 Å². The first-order chi connectivity index (χ1) is 9.13. The number of hydrogen-bond acceptors (Lipinski definition) is 5. The maximum Gasteiger partial charge on any atom is 0.275 e. The minimum Gasteiger partial charge on any atom is -0.409 e. The van der Waals surface area contributed by atoms with E-state index in [0.29, 0.717) is 11.4 Å². The number of aryl methyl sites for hydroxylation is 1. The third-order valence-electron chi connectivity index (χ3n) is 2.45. The number of rotatable bonds is 3. The summed E-state index contributed by atoms with van der Waals surface area (Å²) >= 11 is 0. The lowest BCUT2D eigenvalue weighted by Gasteiger charge is -2.07. The summed E-state index contributed by atoms with van der Waals surface area (Å²) in [4.78, 5) is 15.9. The highest BCUT2D eigenvalue weighted by Crippen LogP contribution is 2.14. The highest BCUT2D eigenvalue weighted by Gasteiger charge is 2.16. The fraction of sp³-hybridized carbons (Fsp3) is 0.0909. The Morgan fingerprint density at radius 3 is 2.95 bits per heavy atom. The number of amidine groups is 1. The number of carbonyl (C=O) groups excluding carboxylic acids is 1. The largest absolute Gasteiger partial charge is 0.409 e. The molecule has 98 valence electrons. The molecule has 4 N–H and O–H groups in total. The molecule has 0 fully saturated rings. The Morgan fingerprint density at radius 1 is 1.53 bits per heavy atom. The fourth-order valence-corrected chi connectivity index (χ4v) is 1.50. The average molecular weight is 260 g/mol. The Morgan fingerprint density at radius 2 is 2.32 bits per heavy atom. The van der Waals surface area contributed by atoms with Crippen LogP contribution in [0.3, 0.4) is 0 Å². The lowest BCUT2D eigenvalue weighted by Crippen LogP contribution is -2.20. The summed E-state index contributed by atoms with van der Waals surface area (Å²) in [5, 5.41) is 18.1. The molecule has 0 bridgehead atoms. The molecule has 2 heterocycles. The SMILES string of the molecule is Cn1ncc(C(N)=NO)c1NC(=O)c1ccccn1. The first kappa shape index (κ1) is 12.6. The van der Waals surface area contributed by atoms with Crippen LogP contribution in [0.15, 0.2) is 35.7 Å². The number of pyridine rings is 1. The van der Waals surface area contributed by atoms with Crippen LogP contribution in [0.25, 0.3) is 0 Å². The van der Waals surface area contributed by atoms with Gasteiger partial charge in [-0.1, -0.05) is 11.2 Å². The smallest absolute Gasteiger partial charge is 0.275 e. The van der Waals surface area contributed by atoms with Crippen molar-refractivity contribution in [2.24, 2.45) is 17.9 Å². The van der Waals surface area contributed by atoms with E-state index in [9.17, 15) is 4.79 Å². The highest BCUT2D eigenvalue weighted by atomic mass is 16.4. The minimum atomic E-state index is -0.406. The minimum absolute atomic E-state index is 0.135. The van der Waals surface area contributed by atoms with E-state index in [1.54, 1.807) is 25.2 Å². The quantitative estimate of drug-likeness (QED) is 0.314. The molecule has 0 spiro atoms. The van der Waals surface area contributed by atoms with Gasteiger partial charge in [-0.3, -0.25) is 14.5 Å². The number of nitrogens with one attached hydrogen (secondary N) is 1. The van der Waals surface area contributed by atoms with Crippen LogP contribution < -0.4 is 11.1 Å². The maximum atomic E-state index is 12.0. The standard InChI is InChI=1S/C11H12N6O2/c1-17-10(7(6-14-17)9(12)16-19)15-11(18)8-4-2-3-5-13-8/h2-6,19H,1H3,(H2,12,16)(H,15,18). The molecule has 0 saturated heterocycles. The Kier molecular flexibility index (Phi) is 3.42. The van der Waals surface area contributed by atoms with E-state index in [0.717, 1.165) is 0 Å². The Balaban J connectivity index is 2.29. The van der Waals surface area contributed by atoms with Crippen LogP contribution in [-0.4, -0.2) is 31.7 Å². The van der Waals surface area contributed by atoms with E-state index >= 15 is 0 Å². The number of anilines is 1. The molecule has 0 unspecified atom stereocenters. The van der Waals surface area contributed by atoms with E-state index in [1.165, 1.54) is 17.1 Å². The van der Waals surface area contributed by atoms with E-state index in [-0.39, 0.29) is 11.5 Å². The number of nitrogens with zero attached hydrogens (tertiary/aromatic N) is 4. The van der Waals surface area contributed by atoms with Crippen molar-refractivity contribution < 1.29 is 10.0 Å². The second-order valence-electron chi connectivity index (χ2n) is 3.68. The van der Waals surface area contributed by atoms with Gasteiger partial charge in [0, 0.05) is 13.2 Å². The average Bonchev–Trinajstić information content (AvgIpc) is 2.80. The Bertz CT molecular complexity index is 619.